The molecule has 0 heterocycles. The zero-order valence-corrected chi connectivity index (χ0v) is 9.58. The third-order valence-corrected chi connectivity index (χ3v) is 2.98. The van der Waals surface area contributed by atoms with Crippen molar-refractivity contribution in [1.82, 2.24) is 0 Å². The Hall–Kier alpha value is -0.541. The summed E-state index contributed by atoms with van der Waals surface area (Å²) >= 11 is 0.394. The predicted molar refractivity (Wildman–Crippen MR) is 48.6 cm³/mol. The number of ether oxygens (including phenoxy) is 2. The first-order valence-corrected chi connectivity index (χ1v) is 6.39. The Bertz CT molecular complexity index is 152. The van der Waals surface area contributed by atoms with E-state index in [9.17, 15) is 9.59 Å². The van der Waals surface area contributed by atoms with E-state index < -0.39 is 0 Å². The van der Waals surface area contributed by atoms with Gasteiger partial charge >= 0.3 is 83.7 Å². The van der Waals surface area contributed by atoms with Crippen molar-refractivity contribution in [1.29, 1.82) is 0 Å². The number of hydrogen-bond acceptors (Lipinski definition) is 4. The fourth-order valence-electron chi connectivity index (χ4n) is 0.591. The zero-order chi connectivity index (χ0) is 10.1. The molecule has 0 bridgehead atoms. The van der Waals surface area contributed by atoms with Crippen molar-refractivity contribution in [3.05, 3.63) is 0 Å². The quantitative estimate of drug-likeness (QED) is 0.396. The van der Waals surface area contributed by atoms with E-state index in [1.165, 1.54) is 13.8 Å². The summed E-state index contributed by atoms with van der Waals surface area (Å²) < 4.78 is 9.48. The van der Waals surface area contributed by atoms with Crippen molar-refractivity contribution in [3.8, 4) is 0 Å². The van der Waals surface area contributed by atoms with E-state index >= 15 is 0 Å². The summed E-state index contributed by atoms with van der Waals surface area (Å²) in [5.41, 5.74) is 0. The minimum absolute atomic E-state index is 0.240. The topological polar surface area (TPSA) is 52.6 Å². The second-order valence-corrected chi connectivity index (χ2v) is 4.86. The first kappa shape index (κ1) is 12.5. The van der Waals surface area contributed by atoms with Gasteiger partial charge in [-0.25, -0.2) is 0 Å². The van der Waals surface area contributed by atoms with E-state index in [1.807, 2.05) is 0 Å². The Kier molecular flexibility index (Phi) is 7.74. The first-order valence-electron chi connectivity index (χ1n) is 3.97. The van der Waals surface area contributed by atoms with Crippen LogP contribution in [0.1, 0.15) is 13.8 Å². The van der Waals surface area contributed by atoms with Gasteiger partial charge in [0.25, 0.3) is 0 Å². The number of esters is 2. The van der Waals surface area contributed by atoms with Crippen molar-refractivity contribution in [2.45, 2.75) is 24.5 Å². The molecule has 0 atom stereocenters. The van der Waals surface area contributed by atoms with Crippen molar-refractivity contribution < 1.29 is 19.1 Å². The van der Waals surface area contributed by atoms with Crippen LogP contribution in [0.25, 0.3) is 0 Å². The van der Waals surface area contributed by atoms with E-state index in [-0.39, 0.29) is 11.9 Å². The third kappa shape index (κ3) is 11.5. The molecule has 0 spiro atoms. The molecule has 0 amide bonds. The van der Waals surface area contributed by atoms with Crippen molar-refractivity contribution >= 4 is 26.9 Å². The molecular formula is C8H14O4Se. The molecule has 0 radical (unpaired) electrons. The molecule has 5 heteroatoms. The summed E-state index contributed by atoms with van der Waals surface area (Å²) in [5.74, 6) is -0.480. The van der Waals surface area contributed by atoms with Crippen LogP contribution in [0.5, 0.6) is 0 Å². The molecule has 0 aromatic rings. The molecular weight excluding hydrogens is 239 g/mol. The summed E-state index contributed by atoms with van der Waals surface area (Å²) in [6.07, 6.45) is 0. The van der Waals surface area contributed by atoms with Gasteiger partial charge in [0.1, 0.15) is 0 Å². The molecule has 0 unspecified atom stereocenters. The zero-order valence-electron chi connectivity index (χ0n) is 7.87. The molecule has 0 aliphatic heterocycles. The molecule has 0 saturated carbocycles. The van der Waals surface area contributed by atoms with Crippen molar-refractivity contribution in [2.24, 2.45) is 0 Å². The second kappa shape index (κ2) is 8.08. The van der Waals surface area contributed by atoms with Gasteiger partial charge in [-0.1, -0.05) is 0 Å². The molecule has 13 heavy (non-hydrogen) atoms. The molecule has 0 aliphatic carbocycles. The maximum atomic E-state index is 10.3. The molecule has 0 aromatic heterocycles. The van der Waals surface area contributed by atoms with Gasteiger partial charge in [-0.05, 0) is 0 Å². The Morgan fingerprint density at radius 1 is 1.00 bits per heavy atom. The Morgan fingerprint density at radius 2 is 1.38 bits per heavy atom. The van der Waals surface area contributed by atoms with Gasteiger partial charge in [-0.2, -0.15) is 0 Å². The summed E-state index contributed by atoms with van der Waals surface area (Å²) in [5, 5.41) is 1.77. The van der Waals surface area contributed by atoms with Gasteiger partial charge in [0.15, 0.2) is 0 Å². The number of carbonyl (C=O) groups is 2. The van der Waals surface area contributed by atoms with Crippen LogP contribution < -0.4 is 0 Å². The normalized spacial score (nSPS) is 9.38. The fraction of sp³-hybridized carbons (Fsp3) is 0.750. The predicted octanol–water partition coefficient (Wildman–Crippen LogP) is 0.653. The van der Waals surface area contributed by atoms with E-state index in [0.717, 1.165) is 10.6 Å². The van der Waals surface area contributed by atoms with E-state index in [2.05, 4.69) is 0 Å². The van der Waals surface area contributed by atoms with Crippen LogP contribution in [-0.2, 0) is 19.1 Å². The maximum absolute atomic E-state index is 10.3. The average molecular weight is 253 g/mol. The molecule has 0 aromatic carbocycles. The number of hydrogen-bond donors (Lipinski definition) is 0. The molecule has 4 nitrogen and oxygen atoms in total. The van der Waals surface area contributed by atoms with Crippen molar-refractivity contribution in [2.75, 3.05) is 13.2 Å². The van der Waals surface area contributed by atoms with Gasteiger partial charge in [0.2, 0.25) is 0 Å². The molecule has 0 saturated heterocycles. The van der Waals surface area contributed by atoms with Crippen LogP contribution in [-0.4, -0.2) is 40.1 Å². The van der Waals surface area contributed by atoms with Gasteiger partial charge in [-0.3, -0.25) is 0 Å². The fourth-order valence-corrected chi connectivity index (χ4v) is 1.86. The van der Waals surface area contributed by atoms with Gasteiger partial charge in [0, 0.05) is 0 Å². The Morgan fingerprint density at radius 3 is 1.69 bits per heavy atom. The van der Waals surface area contributed by atoms with Gasteiger partial charge < -0.3 is 0 Å². The van der Waals surface area contributed by atoms with Crippen LogP contribution in [0.2, 0.25) is 10.6 Å². The molecule has 0 rings (SSSR count). The average Bonchev–Trinajstić information content (AvgIpc) is 2.01. The van der Waals surface area contributed by atoms with Gasteiger partial charge in [-0.15, -0.1) is 0 Å². The Labute approximate surface area is 84.1 Å². The number of carbonyl (C=O) groups excluding carboxylic acids is 2. The van der Waals surface area contributed by atoms with Crippen LogP contribution in [0.4, 0.5) is 0 Å². The van der Waals surface area contributed by atoms with Crippen LogP contribution in [0, 0.1) is 0 Å². The van der Waals surface area contributed by atoms with Crippen molar-refractivity contribution in [3.63, 3.8) is 0 Å². The van der Waals surface area contributed by atoms with Crippen LogP contribution in [0.15, 0.2) is 0 Å². The molecule has 76 valence electrons. The summed E-state index contributed by atoms with van der Waals surface area (Å²) in [7, 11) is 0. The van der Waals surface area contributed by atoms with Gasteiger partial charge in [0.05, 0.1) is 0 Å². The summed E-state index contributed by atoms with van der Waals surface area (Å²) in [6.45, 7) is 3.75. The van der Waals surface area contributed by atoms with E-state index in [1.54, 1.807) is 0 Å². The van der Waals surface area contributed by atoms with E-state index in [4.69, 9.17) is 9.47 Å². The van der Waals surface area contributed by atoms with E-state index in [0.29, 0.717) is 28.2 Å². The Balaban J connectivity index is 3.00. The molecule has 0 fully saturated rings. The molecule has 0 N–H and O–H groups in total. The minimum atomic E-state index is -0.240. The molecule has 0 aliphatic rings. The monoisotopic (exact) mass is 254 g/mol. The summed E-state index contributed by atoms with van der Waals surface area (Å²) in [4.78, 5) is 20.7. The van der Waals surface area contributed by atoms with Crippen LogP contribution in [0.3, 0.4) is 0 Å². The SMILES string of the molecule is CC(=O)OCC[Se]CCOC(C)=O. The standard InChI is InChI=1S/C8H14O4Se/c1-7(9)11-3-5-13-6-4-12-8(2)10/h3-6H2,1-2H3. The van der Waals surface area contributed by atoms with Crippen LogP contribution >= 0.6 is 0 Å². The second-order valence-electron chi connectivity index (χ2n) is 2.29. The third-order valence-electron chi connectivity index (χ3n) is 1.07. The number of rotatable bonds is 6. The first-order chi connectivity index (χ1) is 6.13. The summed E-state index contributed by atoms with van der Waals surface area (Å²) in [6, 6.07) is 0.